The number of nitrogens with one attached hydrogen (secondary N) is 1. The lowest BCUT2D eigenvalue weighted by Crippen LogP contribution is -2.42. The van der Waals surface area contributed by atoms with Gasteiger partial charge < -0.3 is 29.4 Å². The van der Waals surface area contributed by atoms with E-state index in [1.54, 1.807) is 54.5 Å². The molecule has 1 rings (SSSR count). The van der Waals surface area contributed by atoms with Gasteiger partial charge in [-0.25, -0.2) is 4.79 Å². The molecular weight excluding hydrogens is 470 g/mol. The summed E-state index contributed by atoms with van der Waals surface area (Å²) in [5.74, 6) is -2.10. The average molecular weight is 510 g/mol. The second-order valence-corrected chi connectivity index (χ2v) is 10.6. The number of rotatable bonds is 11. The summed E-state index contributed by atoms with van der Waals surface area (Å²) >= 11 is 0. The summed E-state index contributed by atoms with van der Waals surface area (Å²) in [6, 6.07) is 3.52. The number of ether oxygens (including phenoxy) is 4. The number of carboxylic acids is 1. The zero-order valence-corrected chi connectivity index (χ0v) is 22.4. The molecule has 2 N–H and O–H groups in total. The Hall–Kier alpha value is -3.14. The largest absolute Gasteiger partial charge is 0.508 e. The van der Waals surface area contributed by atoms with E-state index in [1.807, 2.05) is 6.92 Å². The molecule has 2 atom stereocenters. The molecule has 0 fully saturated rings. The molecule has 0 aromatic heterocycles. The Morgan fingerprint density at radius 1 is 0.944 bits per heavy atom. The summed E-state index contributed by atoms with van der Waals surface area (Å²) in [6.45, 7) is 13.9. The third-order valence-corrected chi connectivity index (χ3v) is 4.75. The zero-order valence-electron chi connectivity index (χ0n) is 22.4. The van der Waals surface area contributed by atoms with E-state index in [4.69, 9.17) is 18.9 Å². The summed E-state index contributed by atoms with van der Waals surface area (Å²) in [4.78, 5) is 48.4. The number of carbonyl (C=O) groups is 4. The van der Waals surface area contributed by atoms with Crippen molar-refractivity contribution in [3.63, 3.8) is 0 Å². The molecule has 0 spiro atoms. The van der Waals surface area contributed by atoms with Crippen LogP contribution in [0.5, 0.6) is 11.5 Å². The van der Waals surface area contributed by atoms with Crippen LogP contribution in [-0.2, 0) is 30.3 Å². The molecule has 0 radical (unpaired) electrons. The van der Waals surface area contributed by atoms with E-state index in [2.05, 4.69) is 5.32 Å². The van der Waals surface area contributed by atoms with Gasteiger partial charge >= 0.3 is 24.1 Å². The molecule has 1 aromatic rings. The van der Waals surface area contributed by atoms with Crippen molar-refractivity contribution >= 4 is 24.1 Å². The van der Waals surface area contributed by atoms with Crippen molar-refractivity contribution in [2.75, 3.05) is 13.2 Å². The predicted molar refractivity (Wildman–Crippen MR) is 132 cm³/mol. The lowest BCUT2D eigenvalue weighted by atomic mass is 9.97. The van der Waals surface area contributed by atoms with Gasteiger partial charge in [-0.1, -0.05) is 13.0 Å². The first-order chi connectivity index (χ1) is 16.5. The van der Waals surface area contributed by atoms with E-state index in [9.17, 15) is 24.3 Å². The van der Waals surface area contributed by atoms with Crippen LogP contribution in [0.3, 0.4) is 0 Å². The molecule has 0 heterocycles. The summed E-state index contributed by atoms with van der Waals surface area (Å²) in [7, 11) is 0. The molecule has 0 aliphatic carbocycles. The van der Waals surface area contributed by atoms with Crippen molar-refractivity contribution in [1.29, 1.82) is 0 Å². The first kappa shape index (κ1) is 30.9. The molecule has 1 aromatic carbocycles. The number of benzene rings is 1. The average Bonchev–Trinajstić information content (AvgIpc) is 2.75. The van der Waals surface area contributed by atoms with Gasteiger partial charge in [0.05, 0.1) is 17.4 Å². The van der Waals surface area contributed by atoms with Gasteiger partial charge in [-0.05, 0) is 79.0 Å². The van der Waals surface area contributed by atoms with Gasteiger partial charge in [0.15, 0.2) is 11.5 Å². The van der Waals surface area contributed by atoms with Crippen LogP contribution in [0, 0.1) is 10.8 Å². The highest BCUT2D eigenvalue weighted by Crippen LogP contribution is 2.33. The molecule has 0 saturated heterocycles. The first-order valence-corrected chi connectivity index (χ1v) is 11.9. The molecule has 1 unspecified atom stereocenters. The van der Waals surface area contributed by atoms with Gasteiger partial charge in [-0.3, -0.25) is 14.4 Å². The summed E-state index contributed by atoms with van der Waals surface area (Å²) < 4.78 is 20.9. The molecule has 0 bridgehead atoms. The highest BCUT2D eigenvalue weighted by atomic mass is 16.7. The number of esters is 2. The highest BCUT2D eigenvalue weighted by molar-refractivity contribution is 5.81. The van der Waals surface area contributed by atoms with E-state index >= 15 is 0 Å². The van der Waals surface area contributed by atoms with Crippen LogP contribution in [0.25, 0.3) is 0 Å². The van der Waals surface area contributed by atoms with Crippen molar-refractivity contribution < 1.29 is 43.2 Å². The Morgan fingerprint density at radius 3 is 2.00 bits per heavy atom. The van der Waals surface area contributed by atoms with Crippen molar-refractivity contribution in [3.05, 3.63) is 23.8 Å². The molecule has 10 nitrogen and oxygen atoms in total. The minimum Gasteiger partial charge on any atom is -0.480 e. The standard InChI is InChI=1S/C26H39NO9/c1-9-12-33-24(32)34-16(2)15-27-18(21(28)29)13-17-10-11-19(35-22(30)25(3,4)5)20(14-17)36-23(31)26(6,7)8/h10-11,14,16,18,27H,9,12-13,15H2,1-8H3,(H,28,29)/t16?,18-/m0/s1. The van der Waals surface area contributed by atoms with E-state index in [-0.39, 0.29) is 31.1 Å². The number of hydrogen-bond donors (Lipinski definition) is 2. The second kappa shape index (κ2) is 13.2. The topological polar surface area (TPSA) is 137 Å². The van der Waals surface area contributed by atoms with Gasteiger partial charge in [-0.15, -0.1) is 0 Å². The Balaban J connectivity index is 3.05. The van der Waals surface area contributed by atoms with E-state index in [0.717, 1.165) is 0 Å². The van der Waals surface area contributed by atoms with Crippen molar-refractivity contribution in [2.24, 2.45) is 10.8 Å². The Labute approximate surface area is 212 Å². The smallest absolute Gasteiger partial charge is 0.480 e. The van der Waals surface area contributed by atoms with Crippen LogP contribution >= 0.6 is 0 Å². The quantitative estimate of drug-likeness (QED) is 0.331. The lowest BCUT2D eigenvalue weighted by molar-refractivity contribution is -0.145. The number of carbonyl (C=O) groups excluding carboxylic acids is 3. The molecular formula is C26H39NO9. The monoisotopic (exact) mass is 509 g/mol. The van der Waals surface area contributed by atoms with Crippen molar-refractivity contribution in [3.8, 4) is 11.5 Å². The molecule has 36 heavy (non-hydrogen) atoms. The van der Waals surface area contributed by atoms with Gasteiger partial charge in [0.25, 0.3) is 0 Å². The van der Waals surface area contributed by atoms with Gasteiger partial charge in [0.1, 0.15) is 12.1 Å². The third kappa shape index (κ3) is 10.6. The van der Waals surface area contributed by atoms with Gasteiger partial charge in [-0.2, -0.15) is 0 Å². The Kier molecular flexibility index (Phi) is 11.4. The molecule has 0 aliphatic heterocycles. The molecule has 0 aliphatic rings. The first-order valence-electron chi connectivity index (χ1n) is 11.9. The van der Waals surface area contributed by atoms with Crippen LogP contribution in [0.15, 0.2) is 18.2 Å². The Bertz CT molecular complexity index is 928. The van der Waals surface area contributed by atoms with E-state index in [0.29, 0.717) is 12.0 Å². The second-order valence-electron chi connectivity index (χ2n) is 10.6. The van der Waals surface area contributed by atoms with Crippen LogP contribution in [0.2, 0.25) is 0 Å². The number of aliphatic carboxylic acids is 1. The van der Waals surface area contributed by atoms with Crippen molar-refractivity contribution in [2.45, 2.75) is 80.4 Å². The Morgan fingerprint density at radius 2 is 1.50 bits per heavy atom. The molecule has 0 saturated carbocycles. The maximum Gasteiger partial charge on any atom is 0.508 e. The summed E-state index contributed by atoms with van der Waals surface area (Å²) in [5, 5.41) is 12.5. The van der Waals surface area contributed by atoms with Crippen LogP contribution in [0.4, 0.5) is 4.79 Å². The lowest BCUT2D eigenvalue weighted by Gasteiger charge is -2.22. The van der Waals surface area contributed by atoms with Crippen LogP contribution in [0.1, 0.15) is 67.4 Å². The highest BCUT2D eigenvalue weighted by Gasteiger charge is 2.29. The van der Waals surface area contributed by atoms with E-state index < -0.39 is 47.0 Å². The summed E-state index contributed by atoms with van der Waals surface area (Å²) in [5.41, 5.74) is -1.08. The normalized spacial score (nSPS) is 13.3. The SMILES string of the molecule is CCCOC(=O)OC(C)CN[C@@H](Cc1ccc(OC(=O)C(C)(C)C)c(OC(=O)C(C)(C)C)c1)C(=O)O. The predicted octanol–water partition coefficient (Wildman–Crippen LogP) is 4.13. The molecule has 0 amide bonds. The fraction of sp³-hybridized carbons (Fsp3) is 0.615. The minimum atomic E-state index is -1.12. The zero-order chi connectivity index (χ0) is 27.7. The maximum atomic E-state index is 12.5. The number of carboxylic acid groups (broad SMARTS) is 1. The third-order valence-electron chi connectivity index (χ3n) is 4.75. The minimum absolute atomic E-state index is 0.0181. The maximum absolute atomic E-state index is 12.5. The summed E-state index contributed by atoms with van der Waals surface area (Å²) in [6.07, 6.45) is -0.762. The van der Waals surface area contributed by atoms with Crippen LogP contribution < -0.4 is 14.8 Å². The fourth-order valence-electron chi connectivity index (χ4n) is 2.57. The van der Waals surface area contributed by atoms with E-state index in [1.165, 1.54) is 12.1 Å². The molecule has 202 valence electrons. The molecule has 10 heteroatoms. The van der Waals surface area contributed by atoms with Crippen molar-refractivity contribution in [1.82, 2.24) is 5.32 Å². The van der Waals surface area contributed by atoms with Crippen LogP contribution in [-0.4, -0.2) is 54.5 Å². The fourth-order valence-corrected chi connectivity index (χ4v) is 2.57. The van der Waals surface area contributed by atoms with Gasteiger partial charge in [0, 0.05) is 6.54 Å². The van der Waals surface area contributed by atoms with Gasteiger partial charge in [0.2, 0.25) is 0 Å². The number of hydrogen-bond acceptors (Lipinski definition) is 9.